The van der Waals surface area contributed by atoms with Gasteiger partial charge in [-0.15, -0.1) is 0 Å². The van der Waals surface area contributed by atoms with Crippen LogP contribution in [0.15, 0.2) is 42.5 Å². The van der Waals surface area contributed by atoms with E-state index in [2.05, 4.69) is 5.32 Å². The van der Waals surface area contributed by atoms with Gasteiger partial charge in [-0.05, 0) is 23.8 Å². The fraction of sp³-hybridized carbons (Fsp3) is 0.0769. The standard InChI is InChI=1S/C13H12FN3O2/c14-10-5-6-12(13(7-10)17(18)19)16-8-9-3-1-2-4-11(9)15/h1-7,16H,8,15H2. The lowest BCUT2D eigenvalue weighted by Gasteiger charge is -2.09. The number of benzene rings is 2. The predicted octanol–water partition coefficient (Wildman–Crippen LogP) is 2.93. The zero-order valence-corrected chi connectivity index (χ0v) is 9.97. The average molecular weight is 261 g/mol. The average Bonchev–Trinajstić information content (AvgIpc) is 2.38. The first kappa shape index (κ1) is 12.8. The van der Waals surface area contributed by atoms with Gasteiger partial charge in [0.2, 0.25) is 0 Å². The summed E-state index contributed by atoms with van der Waals surface area (Å²) in [4.78, 5) is 10.2. The van der Waals surface area contributed by atoms with Crippen molar-refractivity contribution in [2.24, 2.45) is 0 Å². The zero-order valence-electron chi connectivity index (χ0n) is 9.97. The Morgan fingerprint density at radius 3 is 2.68 bits per heavy atom. The molecule has 98 valence electrons. The molecule has 0 aromatic heterocycles. The molecular formula is C13H12FN3O2. The van der Waals surface area contributed by atoms with E-state index in [-0.39, 0.29) is 11.4 Å². The van der Waals surface area contributed by atoms with E-state index in [1.807, 2.05) is 12.1 Å². The van der Waals surface area contributed by atoms with Gasteiger partial charge in [0.25, 0.3) is 5.69 Å². The van der Waals surface area contributed by atoms with Crippen molar-refractivity contribution in [3.63, 3.8) is 0 Å². The summed E-state index contributed by atoms with van der Waals surface area (Å²) >= 11 is 0. The van der Waals surface area contributed by atoms with Crippen LogP contribution in [0.1, 0.15) is 5.56 Å². The summed E-state index contributed by atoms with van der Waals surface area (Å²) in [5.74, 6) is -0.642. The fourth-order valence-corrected chi connectivity index (χ4v) is 1.69. The maximum atomic E-state index is 13.0. The van der Waals surface area contributed by atoms with Crippen LogP contribution >= 0.6 is 0 Å². The highest BCUT2D eigenvalue weighted by Gasteiger charge is 2.14. The number of nitro benzene ring substituents is 1. The lowest BCUT2D eigenvalue weighted by atomic mass is 10.1. The quantitative estimate of drug-likeness (QED) is 0.503. The van der Waals surface area contributed by atoms with Gasteiger partial charge in [-0.25, -0.2) is 4.39 Å². The summed E-state index contributed by atoms with van der Waals surface area (Å²) in [6.45, 7) is 0.332. The van der Waals surface area contributed by atoms with Crippen LogP contribution in [0.5, 0.6) is 0 Å². The third kappa shape index (κ3) is 2.98. The van der Waals surface area contributed by atoms with E-state index in [9.17, 15) is 14.5 Å². The Morgan fingerprint density at radius 1 is 1.26 bits per heavy atom. The van der Waals surface area contributed by atoms with E-state index in [4.69, 9.17) is 5.73 Å². The van der Waals surface area contributed by atoms with Crippen molar-refractivity contribution in [1.29, 1.82) is 0 Å². The Bertz CT molecular complexity index is 617. The third-order valence-electron chi connectivity index (χ3n) is 2.68. The molecule has 0 aliphatic rings. The number of hydrogen-bond donors (Lipinski definition) is 2. The molecule has 19 heavy (non-hydrogen) atoms. The molecule has 0 fully saturated rings. The summed E-state index contributed by atoms with van der Waals surface area (Å²) in [5, 5.41) is 13.7. The second-order valence-corrected chi connectivity index (χ2v) is 3.97. The van der Waals surface area contributed by atoms with Crippen LogP contribution in [0.25, 0.3) is 0 Å². The largest absolute Gasteiger partial charge is 0.398 e. The number of rotatable bonds is 4. The first-order valence-corrected chi connectivity index (χ1v) is 5.59. The van der Waals surface area contributed by atoms with Crippen molar-refractivity contribution >= 4 is 17.1 Å². The summed E-state index contributed by atoms with van der Waals surface area (Å²) in [6.07, 6.45) is 0. The van der Waals surface area contributed by atoms with Crippen LogP contribution in [-0.2, 0) is 6.54 Å². The van der Waals surface area contributed by atoms with E-state index in [0.717, 1.165) is 11.6 Å². The molecule has 0 radical (unpaired) electrons. The van der Waals surface area contributed by atoms with E-state index in [1.54, 1.807) is 12.1 Å². The molecule has 2 aromatic carbocycles. The van der Waals surface area contributed by atoms with Crippen molar-refractivity contribution < 1.29 is 9.31 Å². The molecule has 3 N–H and O–H groups in total. The molecule has 0 saturated heterocycles. The van der Waals surface area contributed by atoms with Gasteiger partial charge in [0.05, 0.1) is 11.0 Å². The van der Waals surface area contributed by atoms with Crippen LogP contribution in [-0.4, -0.2) is 4.92 Å². The lowest BCUT2D eigenvalue weighted by molar-refractivity contribution is -0.384. The topological polar surface area (TPSA) is 81.2 Å². The first-order chi connectivity index (χ1) is 9.08. The maximum absolute atomic E-state index is 13.0. The van der Waals surface area contributed by atoms with Gasteiger partial charge in [0.1, 0.15) is 11.5 Å². The highest BCUT2D eigenvalue weighted by Crippen LogP contribution is 2.26. The van der Waals surface area contributed by atoms with Gasteiger partial charge in [0.15, 0.2) is 0 Å². The fourth-order valence-electron chi connectivity index (χ4n) is 1.69. The van der Waals surface area contributed by atoms with Crippen LogP contribution in [0, 0.1) is 15.9 Å². The van der Waals surface area contributed by atoms with Crippen molar-refractivity contribution in [3.05, 3.63) is 64.0 Å². The van der Waals surface area contributed by atoms with E-state index in [1.165, 1.54) is 12.1 Å². The number of nitro groups is 1. The van der Waals surface area contributed by atoms with Crippen LogP contribution in [0.2, 0.25) is 0 Å². The first-order valence-electron chi connectivity index (χ1n) is 5.59. The van der Waals surface area contributed by atoms with Gasteiger partial charge in [0, 0.05) is 12.2 Å². The van der Waals surface area contributed by atoms with Crippen LogP contribution in [0.4, 0.5) is 21.5 Å². The number of anilines is 2. The third-order valence-corrected chi connectivity index (χ3v) is 2.68. The van der Waals surface area contributed by atoms with E-state index in [0.29, 0.717) is 12.2 Å². The Labute approximate surface area is 109 Å². The van der Waals surface area contributed by atoms with E-state index < -0.39 is 10.7 Å². The molecule has 0 unspecified atom stereocenters. The molecule has 2 aromatic rings. The molecule has 0 amide bonds. The zero-order chi connectivity index (χ0) is 13.8. The lowest BCUT2D eigenvalue weighted by Crippen LogP contribution is -2.05. The Balaban J connectivity index is 2.20. The molecular weight excluding hydrogens is 249 g/mol. The van der Waals surface area contributed by atoms with Crippen molar-refractivity contribution in [2.45, 2.75) is 6.54 Å². The number of hydrogen-bond acceptors (Lipinski definition) is 4. The van der Waals surface area contributed by atoms with Gasteiger partial charge < -0.3 is 11.1 Å². The predicted molar refractivity (Wildman–Crippen MR) is 71.2 cm³/mol. The number of para-hydroxylation sites is 1. The van der Waals surface area contributed by atoms with Gasteiger partial charge >= 0.3 is 0 Å². The monoisotopic (exact) mass is 261 g/mol. The maximum Gasteiger partial charge on any atom is 0.295 e. The van der Waals surface area contributed by atoms with Gasteiger partial charge in [-0.1, -0.05) is 18.2 Å². The number of nitrogens with two attached hydrogens (primary N) is 1. The number of nitrogen functional groups attached to an aromatic ring is 1. The molecule has 0 heterocycles. The minimum Gasteiger partial charge on any atom is -0.398 e. The van der Waals surface area contributed by atoms with Gasteiger partial charge in [-0.2, -0.15) is 0 Å². The SMILES string of the molecule is Nc1ccccc1CNc1ccc(F)cc1[N+](=O)[O-]. The molecule has 0 aliphatic carbocycles. The van der Waals surface area contributed by atoms with Crippen molar-refractivity contribution in [1.82, 2.24) is 0 Å². The molecule has 0 bridgehead atoms. The second kappa shape index (κ2) is 5.34. The molecule has 0 saturated carbocycles. The number of nitrogens with zero attached hydrogens (tertiary/aromatic N) is 1. The van der Waals surface area contributed by atoms with Crippen LogP contribution in [0.3, 0.4) is 0 Å². The van der Waals surface area contributed by atoms with Crippen molar-refractivity contribution in [2.75, 3.05) is 11.1 Å². The summed E-state index contributed by atoms with van der Waals surface area (Å²) in [5.41, 5.74) is 7.15. The molecule has 0 spiro atoms. The summed E-state index contributed by atoms with van der Waals surface area (Å²) in [7, 11) is 0. The number of nitrogens with one attached hydrogen (secondary N) is 1. The minimum atomic E-state index is -0.642. The Kier molecular flexibility index (Phi) is 3.61. The highest BCUT2D eigenvalue weighted by atomic mass is 19.1. The Morgan fingerprint density at radius 2 is 2.00 bits per heavy atom. The summed E-state index contributed by atoms with van der Waals surface area (Å²) in [6, 6.07) is 10.6. The summed E-state index contributed by atoms with van der Waals surface area (Å²) < 4.78 is 13.0. The molecule has 0 aliphatic heterocycles. The Hall–Kier alpha value is -2.63. The normalized spacial score (nSPS) is 10.2. The minimum absolute atomic E-state index is 0.259. The highest BCUT2D eigenvalue weighted by molar-refractivity contribution is 5.62. The second-order valence-electron chi connectivity index (χ2n) is 3.97. The molecule has 0 atom stereocenters. The smallest absolute Gasteiger partial charge is 0.295 e. The van der Waals surface area contributed by atoms with Crippen LogP contribution < -0.4 is 11.1 Å². The molecule has 2 rings (SSSR count). The van der Waals surface area contributed by atoms with Crippen molar-refractivity contribution in [3.8, 4) is 0 Å². The van der Waals surface area contributed by atoms with Gasteiger partial charge in [-0.3, -0.25) is 10.1 Å². The van der Waals surface area contributed by atoms with E-state index >= 15 is 0 Å². The molecule has 6 heteroatoms. The number of halogens is 1. The molecule has 5 nitrogen and oxygen atoms in total.